The molecule has 90 valence electrons. The van der Waals surface area contributed by atoms with Crippen LogP contribution in [0.3, 0.4) is 0 Å². The lowest BCUT2D eigenvalue weighted by Gasteiger charge is -2.08. The van der Waals surface area contributed by atoms with Crippen molar-refractivity contribution in [2.24, 2.45) is 5.92 Å². The van der Waals surface area contributed by atoms with Crippen molar-refractivity contribution in [3.8, 4) is 0 Å². The standard InChI is InChI=1S/C11H24N2O2/c1-10(9-14)5-3-8-13-11(15)6-4-7-12-2/h10,12,14H,3-9H2,1-2H3,(H,13,15). The van der Waals surface area contributed by atoms with Crippen LogP contribution < -0.4 is 10.6 Å². The molecule has 0 saturated carbocycles. The van der Waals surface area contributed by atoms with E-state index in [9.17, 15) is 4.79 Å². The van der Waals surface area contributed by atoms with Gasteiger partial charge in [0.1, 0.15) is 0 Å². The molecule has 0 aromatic carbocycles. The van der Waals surface area contributed by atoms with Gasteiger partial charge in [-0.2, -0.15) is 0 Å². The van der Waals surface area contributed by atoms with Crippen molar-refractivity contribution in [3.63, 3.8) is 0 Å². The molecule has 4 heteroatoms. The summed E-state index contributed by atoms with van der Waals surface area (Å²) in [6.45, 7) is 3.85. The van der Waals surface area contributed by atoms with E-state index in [1.165, 1.54) is 0 Å². The van der Waals surface area contributed by atoms with Crippen LogP contribution in [-0.2, 0) is 4.79 Å². The molecule has 0 bridgehead atoms. The zero-order valence-electron chi connectivity index (χ0n) is 9.88. The van der Waals surface area contributed by atoms with E-state index in [1.54, 1.807) is 0 Å². The van der Waals surface area contributed by atoms with Crippen LogP contribution in [0, 0.1) is 5.92 Å². The first kappa shape index (κ1) is 14.4. The predicted octanol–water partition coefficient (Wildman–Crippen LogP) is 0.511. The smallest absolute Gasteiger partial charge is 0.220 e. The first-order valence-electron chi connectivity index (χ1n) is 5.72. The number of hydrogen-bond acceptors (Lipinski definition) is 3. The second-order valence-corrected chi connectivity index (χ2v) is 3.99. The molecule has 0 aliphatic rings. The zero-order chi connectivity index (χ0) is 11.5. The molecular weight excluding hydrogens is 192 g/mol. The van der Waals surface area contributed by atoms with E-state index < -0.39 is 0 Å². The molecule has 0 fully saturated rings. The fourth-order valence-corrected chi connectivity index (χ4v) is 1.28. The Morgan fingerprint density at radius 2 is 2.07 bits per heavy atom. The Kier molecular flexibility index (Phi) is 9.52. The molecule has 15 heavy (non-hydrogen) atoms. The van der Waals surface area contributed by atoms with Gasteiger partial charge in [-0.1, -0.05) is 6.92 Å². The molecule has 0 spiro atoms. The van der Waals surface area contributed by atoms with Crippen LogP contribution in [0.25, 0.3) is 0 Å². The quantitative estimate of drug-likeness (QED) is 0.492. The Labute approximate surface area is 92.4 Å². The van der Waals surface area contributed by atoms with E-state index in [0.29, 0.717) is 12.3 Å². The Bertz CT molecular complexity index is 163. The summed E-state index contributed by atoms with van der Waals surface area (Å²) in [6.07, 6.45) is 3.39. The predicted molar refractivity (Wildman–Crippen MR) is 61.7 cm³/mol. The molecule has 0 radical (unpaired) electrons. The summed E-state index contributed by atoms with van der Waals surface area (Å²) >= 11 is 0. The highest BCUT2D eigenvalue weighted by Gasteiger charge is 2.01. The average molecular weight is 216 g/mol. The van der Waals surface area contributed by atoms with Gasteiger partial charge in [-0.15, -0.1) is 0 Å². The van der Waals surface area contributed by atoms with Gasteiger partial charge in [0.2, 0.25) is 5.91 Å². The van der Waals surface area contributed by atoms with Gasteiger partial charge in [0.15, 0.2) is 0 Å². The summed E-state index contributed by atoms with van der Waals surface area (Å²) < 4.78 is 0. The largest absolute Gasteiger partial charge is 0.396 e. The first-order chi connectivity index (χ1) is 7.20. The van der Waals surface area contributed by atoms with Crippen LogP contribution in [0.5, 0.6) is 0 Å². The van der Waals surface area contributed by atoms with Crippen LogP contribution in [0.1, 0.15) is 32.6 Å². The van der Waals surface area contributed by atoms with E-state index in [4.69, 9.17) is 5.11 Å². The molecule has 1 atom stereocenters. The SMILES string of the molecule is CNCCCC(=O)NCCCC(C)CO. The number of amides is 1. The van der Waals surface area contributed by atoms with Crippen molar-refractivity contribution in [1.82, 2.24) is 10.6 Å². The molecule has 0 heterocycles. The molecule has 1 amide bonds. The van der Waals surface area contributed by atoms with Gasteiger partial charge < -0.3 is 15.7 Å². The average Bonchev–Trinajstić information content (AvgIpc) is 2.24. The van der Waals surface area contributed by atoms with Gasteiger partial charge in [-0.3, -0.25) is 4.79 Å². The van der Waals surface area contributed by atoms with Crippen molar-refractivity contribution < 1.29 is 9.90 Å². The third kappa shape index (κ3) is 9.69. The summed E-state index contributed by atoms with van der Waals surface area (Å²) in [5.41, 5.74) is 0. The van der Waals surface area contributed by atoms with Crippen LogP contribution >= 0.6 is 0 Å². The summed E-state index contributed by atoms with van der Waals surface area (Å²) in [4.78, 5) is 11.2. The van der Waals surface area contributed by atoms with Crippen molar-refractivity contribution in [2.45, 2.75) is 32.6 Å². The number of carbonyl (C=O) groups is 1. The number of carbonyl (C=O) groups excluding carboxylic acids is 1. The zero-order valence-corrected chi connectivity index (χ0v) is 9.88. The lowest BCUT2D eigenvalue weighted by atomic mass is 10.1. The van der Waals surface area contributed by atoms with Gasteiger partial charge in [-0.25, -0.2) is 0 Å². The lowest BCUT2D eigenvalue weighted by Crippen LogP contribution is -2.25. The highest BCUT2D eigenvalue weighted by molar-refractivity contribution is 5.75. The van der Waals surface area contributed by atoms with E-state index in [1.807, 2.05) is 14.0 Å². The van der Waals surface area contributed by atoms with Crippen molar-refractivity contribution in [3.05, 3.63) is 0 Å². The maximum atomic E-state index is 11.2. The summed E-state index contributed by atoms with van der Waals surface area (Å²) in [7, 11) is 1.88. The van der Waals surface area contributed by atoms with Gasteiger partial charge in [-0.05, 0) is 38.8 Å². The fraction of sp³-hybridized carbons (Fsp3) is 0.909. The van der Waals surface area contributed by atoms with Crippen molar-refractivity contribution in [1.29, 1.82) is 0 Å². The Balaban J connectivity index is 3.23. The second kappa shape index (κ2) is 9.93. The van der Waals surface area contributed by atoms with Crippen LogP contribution in [0.4, 0.5) is 0 Å². The second-order valence-electron chi connectivity index (χ2n) is 3.99. The number of rotatable bonds is 9. The van der Waals surface area contributed by atoms with E-state index in [0.717, 1.165) is 32.4 Å². The topological polar surface area (TPSA) is 61.4 Å². The Hall–Kier alpha value is -0.610. The maximum Gasteiger partial charge on any atom is 0.220 e. The van der Waals surface area contributed by atoms with Gasteiger partial charge >= 0.3 is 0 Å². The third-order valence-electron chi connectivity index (χ3n) is 2.34. The minimum atomic E-state index is 0.127. The minimum Gasteiger partial charge on any atom is -0.396 e. The number of nitrogens with one attached hydrogen (secondary N) is 2. The summed E-state index contributed by atoms with van der Waals surface area (Å²) in [5.74, 6) is 0.466. The van der Waals surface area contributed by atoms with Crippen molar-refractivity contribution in [2.75, 3.05) is 26.7 Å². The third-order valence-corrected chi connectivity index (χ3v) is 2.34. The van der Waals surface area contributed by atoms with E-state index >= 15 is 0 Å². The van der Waals surface area contributed by atoms with Gasteiger partial charge in [0, 0.05) is 19.6 Å². The molecule has 0 aliphatic heterocycles. The summed E-state index contributed by atoms with van der Waals surface area (Å²) in [6, 6.07) is 0. The number of aliphatic hydroxyl groups is 1. The molecule has 0 saturated heterocycles. The molecule has 0 aliphatic carbocycles. The molecule has 0 aromatic rings. The summed E-state index contributed by atoms with van der Waals surface area (Å²) in [5, 5.41) is 14.7. The maximum absolute atomic E-state index is 11.2. The van der Waals surface area contributed by atoms with E-state index in [2.05, 4.69) is 10.6 Å². The molecule has 4 nitrogen and oxygen atoms in total. The molecular formula is C11H24N2O2. The minimum absolute atomic E-state index is 0.127. The van der Waals surface area contributed by atoms with Crippen molar-refractivity contribution >= 4 is 5.91 Å². The van der Waals surface area contributed by atoms with Crippen LogP contribution in [0.15, 0.2) is 0 Å². The fourth-order valence-electron chi connectivity index (χ4n) is 1.28. The Morgan fingerprint density at radius 1 is 1.33 bits per heavy atom. The van der Waals surface area contributed by atoms with Gasteiger partial charge in [0.05, 0.1) is 0 Å². The first-order valence-corrected chi connectivity index (χ1v) is 5.72. The highest BCUT2D eigenvalue weighted by Crippen LogP contribution is 2.02. The Morgan fingerprint density at radius 3 is 2.67 bits per heavy atom. The molecule has 1 unspecified atom stereocenters. The number of aliphatic hydroxyl groups excluding tert-OH is 1. The van der Waals surface area contributed by atoms with Crippen LogP contribution in [-0.4, -0.2) is 37.8 Å². The van der Waals surface area contributed by atoms with Crippen LogP contribution in [0.2, 0.25) is 0 Å². The highest BCUT2D eigenvalue weighted by atomic mass is 16.3. The monoisotopic (exact) mass is 216 g/mol. The molecule has 0 aromatic heterocycles. The normalized spacial score (nSPS) is 12.5. The van der Waals surface area contributed by atoms with E-state index in [-0.39, 0.29) is 12.5 Å². The number of hydrogen-bond donors (Lipinski definition) is 3. The lowest BCUT2D eigenvalue weighted by molar-refractivity contribution is -0.121. The molecule has 0 rings (SSSR count). The molecule has 3 N–H and O–H groups in total. The van der Waals surface area contributed by atoms with Gasteiger partial charge in [0.25, 0.3) is 0 Å².